The van der Waals surface area contributed by atoms with Gasteiger partial charge in [0.2, 0.25) is 0 Å². The van der Waals surface area contributed by atoms with E-state index in [1.54, 1.807) is 62.3 Å². The summed E-state index contributed by atoms with van der Waals surface area (Å²) in [6.07, 6.45) is 2.51. The molecule has 18 nitrogen and oxygen atoms in total. The fraction of sp³-hybridized carbons (Fsp3) is 0.500. The van der Waals surface area contributed by atoms with Crippen LogP contribution in [0.2, 0.25) is 0 Å². The topological polar surface area (TPSA) is 255 Å². The molecule has 0 radical (unpaired) electrons. The van der Waals surface area contributed by atoms with Crippen LogP contribution in [0.4, 0.5) is 9.59 Å². The van der Waals surface area contributed by atoms with E-state index in [1.807, 2.05) is 84.2 Å². The first kappa shape index (κ1) is 56.5. The molecule has 2 aromatic heterocycles. The molecule has 0 aliphatic carbocycles. The number of carbonyl (C=O) groups is 6. The lowest BCUT2D eigenvalue weighted by atomic mass is 10.1. The first-order chi connectivity index (χ1) is 28.6. The summed E-state index contributed by atoms with van der Waals surface area (Å²) in [7, 11) is 3.80. The monoisotopic (exact) mass is 938 g/mol. The van der Waals surface area contributed by atoms with E-state index in [0.717, 1.165) is 32.9 Å². The van der Waals surface area contributed by atoms with Gasteiger partial charge < -0.3 is 60.0 Å². The molecule has 0 aliphatic rings. The van der Waals surface area contributed by atoms with Gasteiger partial charge >= 0.3 is 36.1 Å². The van der Waals surface area contributed by atoms with Gasteiger partial charge in [0.25, 0.3) is 0 Å². The number of aromatic nitrogens is 2. The van der Waals surface area contributed by atoms with Crippen molar-refractivity contribution < 1.29 is 57.6 Å². The Labute approximate surface area is 385 Å². The summed E-state index contributed by atoms with van der Waals surface area (Å²) in [6, 6.07) is 10.8. The first-order valence-electron chi connectivity index (χ1n) is 20.0. The molecule has 4 atom stereocenters. The minimum absolute atomic E-state index is 0. The molecular weight excluding hydrogens is 875 g/mol. The van der Waals surface area contributed by atoms with E-state index in [0.29, 0.717) is 6.42 Å². The number of esters is 3. The molecule has 20 heteroatoms. The minimum Gasteiger partial charge on any atom is -0.480 e. The lowest BCUT2D eigenvalue weighted by Crippen LogP contribution is -2.50. The quantitative estimate of drug-likeness (QED) is 0.0801. The Bertz CT molecular complexity index is 2220. The summed E-state index contributed by atoms with van der Waals surface area (Å²) in [5.41, 5.74) is 12.4. The number of nitrogens with zero attached hydrogens (tertiary/aromatic N) is 2. The van der Waals surface area contributed by atoms with Gasteiger partial charge in [-0.25, -0.2) is 19.2 Å². The van der Waals surface area contributed by atoms with Crippen LogP contribution in [0.1, 0.15) is 73.4 Å². The Morgan fingerprint density at radius 2 is 0.984 bits per heavy atom. The van der Waals surface area contributed by atoms with Crippen molar-refractivity contribution in [1.29, 1.82) is 0 Å². The van der Waals surface area contributed by atoms with Crippen molar-refractivity contribution in [2.45, 2.75) is 116 Å². The number of alkyl carbamates (subject to hydrolysis) is 2. The van der Waals surface area contributed by atoms with E-state index in [1.165, 1.54) is 0 Å². The minimum atomic E-state index is -1.35. The number of nitrogens with two attached hydrogens (primary N) is 2. The Morgan fingerprint density at radius 3 is 1.42 bits per heavy atom. The molecule has 2 aromatic carbocycles. The molecule has 4 rings (SSSR count). The third kappa shape index (κ3) is 18.3. The molecule has 4 aromatic rings. The Morgan fingerprint density at radius 1 is 0.578 bits per heavy atom. The van der Waals surface area contributed by atoms with E-state index in [4.69, 9.17) is 40.3 Å². The van der Waals surface area contributed by atoms with Gasteiger partial charge in [-0.3, -0.25) is 9.59 Å². The van der Waals surface area contributed by atoms with Crippen LogP contribution in [0.5, 0.6) is 0 Å². The number of fused-ring (bicyclic) bond motifs is 2. The van der Waals surface area contributed by atoms with Crippen molar-refractivity contribution in [3.63, 3.8) is 0 Å². The number of hydrogen-bond donors (Lipinski definition) is 5. The van der Waals surface area contributed by atoms with Gasteiger partial charge in [0, 0.05) is 61.1 Å². The summed E-state index contributed by atoms with van der Waals surface area (Å²) in [5.74, 6) is -3.52. The number of nitrogens with one attached hydrogen (secondary N) is 2. The van der Waals surface area contributed by atoms with Gasteiger partial charge in [-0.05, 0) is 85.6 Å². The fourth-order valence-corrected chi connectivity index (χ4v) is 5.97. The number of amides is 2. The Kier molecular flexibility index (Phi) is 21.1. The molecule has 0 fully saturated rings. The SMILES string of the molecule is Cl.Cl.Cn1cc(C[C@@H](N)C(=O)OCC(N)C(=O)O)c2ccccc21.Cn1cc(C[C@@H](NC(=O)OC(C)(C)C)C(=O)OC[C@H](NC(=O)OC(C)(C)C)C(=O)OC(C)(C)C)c2ccccc21. The van der Waals surface area contributed by atoms with Crippen LogP contribution in [0, 0.1) is 0 Å². The van der Waals surface area contributed by atoms with E-state index in [-0.39, 0.29) is 31.2 Å². The van der Waals surface area contributed by atoms with Crippen LogP contribution in [0.3, 0.4) is 0 Å². The molecule has 0 saturated heterocycles. The second kappa shape index (κ2) is 23.9. The molecule has 0 saturated carbocycles. The molecule has 356 valence electrons. The van der Waals surface area contributed by atoms with Crippen LogP contribution < -0.4 is 22.1 Å². The van der Waals surface area contributed by atoms with Crippen LogP contribution in [-0.4, -0.2) is 104 Å². The predicted octanol–water partition coefficient (Wildman–Crippen LogP) is 5.24. The number of aliphatic carboxylic acids is 1. The third-order valence-electron chi connectivity index (χ3n) is 8.60. The standard InChI is InChI=1S/C29H43N3O8.C15H19N3O4.2ClH/c1-27(2,3)38-24(34)21(31-26(36)40-29(7,8)9)17-37-23(33)20(30-25(35)39-28(4,5)6)15-18-16-32(10)22-14-12-11-13-19(18)22;1-18-7-9(10-4-2-3-5-13(10)18)6-11(16)15(21)22-8-12(17)14(19)20;;/h11-14,16,20-21H,15,17H2,1-10H3,(H,30,35)(H,31,36);2-5,7,11-12H,6,8,16-17H2,1H3,(H,19,20);2*1H/t20-,21+;11-,12?;;/m11../s1. The molecule has 0 bridgehead atoms. The average Bonchev–Trinajstić information content (AvgIpc) is 3.64. The summed E-state index contributed by atoms with van der Waals surface area (Å²) in [4.78, 5) is 73.6. The highest BCUT2D eigenvalue weighted by molar-refractivity contribution is 5.88. The maximum absolute atomic E-state index is 13.3. The third-order valence-corrected chi connectivity index (χ3v) is 8.60. The first-order valence-corrected chi connectivity index (χ1v) is 20.0. The normalized spacial score (nSPS) is 13.3. The number of ether oxygens (including phenoxy) is 5. The number of benzene rings is 2. The van der Waals surface area contributed by atoms with Crippen LogP contribution in [0.15, 0.2) is 60.9 Å². The number of hydrogen-bond acceptors (Lipinski definition) is 13. The van der Waals surface area contributed by atoms with Gasteiger partial charge in [-0.2, -0.15) is 0 Å². The van der Waals surface area contributed by atoms with Gasteiger partial charge in [0.15, 0.2) is 6.04 Å². The van der Waals surface area contributed by atoms with Crippen molar-refractivity contribution in [3.8, 4) is 0 Å². The van der Waals surface area contributed by atoms with E-state index in [2.05, 4.69) is 10.6 Å². The summed E-state index contributed by atoms with van der Waals surface area (Å²) in [5, 5.41) is 15.6. The average molecular weight is 940 g/mol. The largest absolute Gasteiger partial charge is 0.480 e. The van der Waals surface area contributed by atoms with E-state index in [9.17, 15) is 28.8 Å². The van der Waals surface area contributed by atoms with Crippen molar-refractivity contribution in [3.05, 3.63) is 72.1 Å². The zero-order valence-electron chi connectivity index (χ0n) is 38.2. The summed E-state index contributed by atoms with van der Waals surface area (Å²) in [6.45, 7) is 14.2. The van der Waals surface area contributed by atoms with Gasteiger partial charge in [0.05, 0.1) is 0 Å². The highest BCUT2D eigenvalue weighted by Crippen LogP contribution is 2.23. The predicted molar refractivity (Wildman–Crippen MR) is 245 cm³/mol. The molecule has 64 heavy (non-hydrogen) atoms. The smallest absolute Gasteiger partial charge is 0.408 e. The van der Waals surface area contributed by atoms with Crippen molar-refractivity contribution in [2.75, 3.05) is 13.2 Å². The van der Waals surface area contributed by atoms with Crippen molar-refractivity contribution in [1.82, 2.24) is 19.8 Å². The van der Waals surface area contributed by atoms with Gasteiger partial charge in [0.1, 0.15) is 48.1 Å². The highest BCUT2D eigenvalue weighted by atomic mass is 35.5. The van der Waals surface area contributed by atoms with Crippen molar-refractivity contribution in [2.24, 2.45) is 25.6 Å². The maximum Gasteiger partial charge on any atom is 0.408 e. The van der Waals surface area contributed by atoms with Crippen LogP contribution in [-0.2, 0) is 69.8 Å². The van der Waals surface area contributed by atoms with E-state index >= 15 is 0 Å². The highest BCUT2D eigenvalue weighted by Gasteiger charge is 2.33. The zero-order valence-corrected chi connectivity index (χ0v) is 39.8. The second-order valence-corrected chi connectivity index (χ2v) is 17.7. The van der Waals surface area contributed by atoms with Crippen LogP contribution >= 0.6 is 24.8 Å². The zero-order chi connectivity index (χ0) is 46.7. The van der Waals surface area contributed by atoms with Crippen molar-refractivity contribution >= 4 is 82.7 Å². The molecular formula is C44H64Cl2N6O12. The molecule has 7 N–H and O–H groups in total. The summed E-state index contributed by atoms with van der Waals surface area (Å²) >= 11 is 0. The molecule has 2 amide bonds. The Hall–Kier alpha value is -5.56. The second-order valence-electron chi connectivity index (χ2n) is 17.7. The number of carbonyl (C=O) groups excluding carboxylic acids is 5. The molecule has 0 spiro atoms. The lowest BCUT2D eigenvalue weighted by molar-refractivity contribution is -0.161. The number of carboxylic acids is 1. The van der Waals surface area contributed by atoms with Gasteiger partial charge in [-0.1, -0.05) is 36.4 Å². The summed E-state index contributed by atoms with van der Waals surface area (Å²) < 4.78 is 30.2. The molecule has 2 heterocycles. The fourth-order valence-electron chi connectivity index (χ4n) is 5.97. The van der Waals surface area contributed by atoms with Crippen LogP contribution in [0.25, 0.3) is 21.8 Å². The maximum atomic E-state index is 13.3. The number of rotatable bonds is 14. The molecule has 1 unspecified atom stereocenters. The molecule has 0 aliphatic heterocycles. The number of para-hydroxylation sites is 2. The number of carboxylic acid groups (broad SMARTS) is 1. The number of halogens is 2. The Balaban J connectivity index is 0.000000722. The van der Waals surface area contributed by atoms with E-state index < -0.39 is 90.2 Å². The lowest BCUT2D eigenvalue weighted by Gasteiger charge is -2.27. The van der Waals surface area contributed by atoms with Gasteiger partial charge in [-0.15, -0.1) is 24.8 Å². The number of aryl methyl sites for hydroxylation is 2.